The van der Waals surface area contributed by atoms with Gasteiger partial charge in [-0.05, 0) is 11.1 Å². The van der Waals surface area contributed by atoms with Crippen molar-refractivity contribution in [2.24, 2.45) is 9.98 Å². The van der Waals surface area contributed by atoms with E-state index in [-0.39, 0.29) is 12.4 Å². The van der Waals surface area contributed by atoms with Gasteiger partial charge in [0.15, 0.2) is 10.3 Å². The van der Waals surface area contributed by atoms with E-state index in [0.717, 1.165) is 13.1 Å². The normalized spacial score (nSPS) is 24.1. The monoisotopic (exact) mass is 444 g/mol. The Labute approximate surface area is 187 Å². The molecule has 2 unspecified atom stereocenters. The van der Waals surface area contributed by atoms with Gasteiger partial charge >= 0.3 is 0 Å². The molecule has 0 aromatic heterocycles. The molecule has 152 valence electrons. The number of hydrogen-bond donors (Lipinski definition) is 0. The molecule has 6 rings (SSSR count). The molecule has 0 spiro atoms. The number of fused-ring (bicyclic) bond motifs is 2. The Kier molecular flexibility index (Phi) is 6.73. The standard InChI is InChI=1S/2C11H12N2S.ClH/c2*1-2-4-9(5-3-1)10-8-13-6-7-14-11(13)12-10;/h2*1-5,10H,6-8H2;1H. The Morgan fingerprint density at radius 1 is 0.655 bits per heavy atom. The summed E-state index contributed by atoms with van der Waals surface area (Å²) in [6.07, 6.45) is 0. The molecule has 4 aliphatic rings. The number of thioether (sulfide) groups is 2. The Morgan fingerprint density at radius 3 is 1.45 bits per heavy atom. The molecule has 0 N–H and O–H groups in total. The van der Waals surface area contributed by atoms with Crippen molar-refractivity contribution >= 4 is 46.3 Å². The number of nitrogens with zero attached hydrogens (tertiary/aromatic N) is 4. The van der Waals surface area contributed by atoms with Gasteiger partial charge in [0.1, 0.15) is 0 Å². The molecular formula is C22H25ClN4S2. The topological polar surface area (TPSA) is 31.2 Å². The van der Waals surface area contributed by atoms with E-state index in [1.807, 2.05) is 23.5 Å². The van der Waals surface area contributed by atoms with Crippen molar-refractivity contribution in [2.45, 2.75) is 12.1 Å². The van der Waals surface area contributed by atoms with E-state index >= 15 is 0 Å². The molecule has 4 aliphatic heterocycles. The lowest BCUT2D eigenvalue weighted by Gasteiger charge is -2.12. The van der Waals surface area contributed by atoms with Gasteiger partial charge < -0.3 is 9.80 Å². The van der Waals surface area contributed by atoms with E-state index < -0.39 is 0 Å². The fraction of sp³-hybridized carbons (Fsp3) is 0.364. The first kappa shape index (κ1) is 20.6. The zero-order valence-electron chi connectivity index (χ0n) is 16.2. The minimum atomic E-state index is 0. The van der Waals surface area contributed by atoms with Gasteiger partial charge in [0, 0.05) is 37.7 Å². The molecule has 4 nitrogen and oxygen atoms in total. The summed E-state index contributed by atoms with van der Waals surface area (Å²) in [5, 5.41) is 2.50. The minimum absolute atomic E-state index is 0. The molecule has 0 amide bonds. The van der Waals surface area contributed by atoms with Crippen LogP contribution < -0.4 is 0 Å². The van der Waals surface area contributed by atoms with Crippen LogP contribution in [0.2, 0.25) is 0 Å². The Hall–Kier alpha value is -1.63. The molecule has 0 bridgehead atoms. The summed E-state index contributed by atoms with van der Waals surface area (Å²) < 4.78 is 0. The molecule has 4 heterocycles. The summed E-state index contributed by atoms with van der Waals surface area (Å²) in [5.74, 6) is 2.42. The first-order chi connectivity index (χ1) is 13.9. The molecule has 2 atom stereocenters. The fourth-order valence-corrected chi connectivity index (χ4v) is 6.01. The highest BCUT2D eigenvalue weighted by molar-refractivity contribution is 8.14. The second-order valence-corrected chi connectivity index (χ2v) is 9.39. The summed E-state index contributed by atoms with van der Waals surface area (Å²) in [6.45, 7) is 4.50. The van der Waals surface area contributed by atoms with Gasteiger partial charge in [-0.1, -0.05) is 84.2 Å². The van der Waals surface area contributed by atoms with Crippen LogP contribution in [-0.2, 0) is 0 Å². The van der Waals surface area contributed by atoms with E-state index in [1.54, 1.807) is 0 Å². The van der Waals surface area contributed by atoms with Crippen molar-refractivity contribution in [1.82, 2.24) is 9.80 Å². The minimum Gasteiger partial charge on any atom is -0.348 e. The van der Waals surface area contributed by atoms with E-state index in [0.29, 0.717) is 12.1 Å². The summed E-state index contributed by atoms with van der Waals surface area (Å²) in [5.41, 5.74) is 2.69. The predicted octanol–water partition coefficient (Wildman–Crippen LogP) is 4.71. The lowest BCUT2D eigenvalue weighted by molar-refractivity contribution is 0.464. The number of aliphatic imine (C=N–C) groups is 2. The van der Waals surface area contributed by atoms with Crippen LogP contribution >= 0.6 is 35.9 Å². The first-order valence-electron chi connectivity index (χ1n) is 9.88. The van der Waals surface area contributed by atoms with Crippen LogP contribution in [0.3, 0.4) is 0 Å². The van der Waals surface area contributed by atoms with Crippen molar-refractivity contribution in [2.75, 3.05) is 37.7 Å². The van der Waals surface area contributed by atoms with E-state index in [4.69, 9.17) is 9.98 Å². The SMILES string of the molecule is Cl.c1ccc(C2CN3CCSC3=N2)cc1.c1ccc(C2CN3CCSC3=N2)cc1. The number of benzene rings is 2. The highest BCUT2D eigenvalue weighted by Gasteiger charge is 2.30. The highest BCUT2D eigenvalue weighted by atomic mass is 35.5. The molecule has 0 radical (unpaired) electrons. The van der Waals surface area contributed by atoms with Crippen LogP contribution in [0, 0.1) is 0 Å². The molecule has 29 heavy (non-hydrogen) atoms. The maximum atomic E-state index is 4.73. The molecule has 0 aliphatic carbocycles. The predicted molar refractivity (Wildman–Crippen MR) is 129 cm³/mol. The number of rotatable bonds is 2. The quantitative estimate of drug-likeness (QED) is 0.671. The first-order valence-corrected chi connectivity index (χ1v) is 11.8. The molecule has 2 saturated heterocycles. The average molecular weight is 445 g/mol. The van der Waals surface area contributed by atoms with Crippen LogP contribution in [0.5, 0.6) is 0 Å². The molecule has 0 saturated carbocycles. The summed E-state index contributed by atoms with van der Waals surface area (Å²) in [4.78, 5) is 14.2. The second-order valence-electron chi connectivity index (χ2n) is 7.27. The van der Waals surface area contributed by atoms with Crippen LogP contribution in [-0.4, -0.2) is 57.8 Å². The van der Waals surface area contributed by atoms with Crippen molar-refractivity contribution in [3.05, 3.63) is 71.8 Å². The zero-order chi connectivity index (χ0) is 18.8. The third kappa shape index (κ3) is 4.60. The smallest absolute Gasteiger partial charge is 0.160 e. The largest absolute Gasteiger partial charge is 0.348 e. The maximum Gasteiger partial charge on any atom is 0.160 e. The van der Waals surface area contributed by atoms with Gasteiger partial charge in [0.05, 0.1) is 12.1 Å². The van der Waals surface area contributed by atoms with Gasteiger partial charge in [-0.25, -0.2) is 0 Å². The van der Waals surface area contributed by atoms with Crippen molar-refractivity contribution in [3.63, 3.8) is 0 Å². The van der Waals surface area contributed by atoms with Crippen molar-refractivity contribution in [1.29, 1.82) is 0 Å². The van der Waals surface area contributed by atoms with Gasteiger partial charge in [0.2, 0.25) is 0 Å². The number of amidine groups is 2. The van der Waals surface area contributed by atoms with Crippen molar-refractivity contribution in [3.8, 4) is 0 Å². The van der Waals surface area contributed by atoms with E-state index in [2.05, 4.69) is 70.5 Å². The Bertz CT molecular complexity index is 801. The maximum absolute atomic E-state index is 4.73. The fourth-order valence-electron chi connectivity index (χ4n) is 3.92. The summed E-state index contributed by atoms with van der Waals surface area (Å²) >= 11 is 3.77. The van der Waals surface area contributed by atoms with Crippen LogP contribution in [0.4, 0.5) is 0 Å². The molecular weight excluding hydrogens is 420 g/mol. The van der Waals surface area contributed by atoms with E-state index in [1.165, 1.54) is 46.1 Å². The Morgan fingerprint density at radius 2 is 1.07 bits per heavy atom. The third-order valence-electron chi connectivity index (χ3n) is 5.41. The summed E-state index contributed by atoms with van der Waals surface area (Å²) in [7, 11) is 0. The number of hydrogen-bond acceptors (Lipinski definition) is 6. The average Bonchev–Trinajstić information content (AvgIpc) is 3.50. The van der Waals surface area contributed by atoms with Gasteiger partial charge in [-0.3, -0.25) is 9.98 Å². The summed E-state index contributed by atoms with van der Waals surface area (Å²) in [6, 6.07) is 21.9. The van der Waals surface area contributed by atoms with Gasteiger partial charge in [0.25, 0.3) is 0 Å². The number of halogens is 1. The third-order valence-corrected chi connectivity index (χ3v) is 7.43. The lowest BCUT2D eigenvalue weighted by atomic mass is 10.1. The van der Waals surface area contributed by atoms with Crippen LogP contribution in [0.25, 0.3) is 0 Å². The zero-order valence-corrected chi connectivity index (χ0v) is 18.6. The van der Waals surface area contributed by atoms with E-state index in [9.17, 15) is 0 Å². The highest BCUT2D eigenvalue weighted by Crippen LogP contribution is 2.32. The molecule has 2 fully saturated rings. The lowest BCUT2D eigenvalue weighted by Crippen LogP contribution is -2.21. The van der Waals surface area contributed by atoms with Crippen molar-refractivity contribution < 1.29 is 0 Å². The van der Waals surface area contributed by atoms with Gasteiger partial charge in [-0.2, -0.15) is 0 Å². The van der Waals surface area contributed by atoms with Crippen LogP contribution in [0.1, 0.15) is 23.2 Å². The Balaban J connectivity index is 0.000000137. The van der Waals surface area contributed by atoms with Gasteiger partial charge in [-0.15, -0.1) is 12.4 Å². The molecule has 2 aromatic carbocycles. The second kappa shape index (κ2) is 9.45. The molecule has 2 aromatic rings. The molecule has 7 heteroatoms. The van der Waals surface area contributed by atoms with Crippen LogP contribution in [0.15, 0.2) is 70.6 Å².